The summed E-state index contributed by atoms with van der Waals surface area (Å²) in [6.07, 6.45) is 3.48. The van der Waals surface area contributed by atoms with E-state index in [0.717, 1.165) is 25.7 Å². The number of rotatable bonds is 4. The van der Waals surface area contributed by atoms with Crippen LogP contribution in [0.5, 0.6) is 0 Å². The van der Waals surface area contributed by atoms with E-state index < -0.39 is 0 Å². The summed E-state index contributed by atoms with van der Waals surface area (Å²) in [4.78, 5) is 25.5. The second-order valence-electron chi connectivity index (χ2n) is 5.01. The Morgan fingerprint density at radius 2 is 1.75 bits per heavy atom. The third-order valence-corrected chi connectivity index (χ3v) is 4.00. The molecule has 4 heteroatoms. The SMILES string of the molecule is CC1CC2C(=O)N(CCCCCl)C(=O)C2C1. The van der Waals surface area contributed by atoms with Gasteiger partial charge in [-0.15, -0.1) is 11.6 Å². The lowest BCUT2D eigenvalue weighted by molar-refractivity contribution is -0.140. The third kappa shape index (κ3) is 1.97. The molecule has 0 N–H and O–H groups in total. The molecule has 1 heterocycles. The summed E-state index contributed by atoms with van der Waals surface area (Å²) in [5, 5.41) is 0. The van der Waals surface area contributed by atoms with Crippen molar-refractivity contribution in [2.24, 2.45) is 17.8 Å². The van der Waals surface area contributed by atoms with Crippen molar-refractivity contribution in [1.82, 2.24) is 4.90 Å². The van der Waals surface area contributed by atoms with E-state index in [4.69, 9.17) is 11.6 Å². The predicted molar refractivity (Wildman–Crippen MR) is 62.1 cm³/mol. The Bertz CT molecular complexity index is 281. The molecule has 0 radical (unpaired) electrons. The number of amides is 2. The summed E-state index contributed by atoms with van der Waals surface area (Å²) in [7, 11) is 0. The van der Waals surface area contributed by atoms with Crippen molar-refractivity contribution in [1.29, 1.82) is 0 Å². The van der Waals surface area contributed by atoms with E-state index in [0.29, 0.717) is 18.3 Å². The van der Waals surface area contributed by atoms with Crippen LogP contribution in [0.4, 0.5) is 0 Å². The molecule has 2 amide bonds. The molecule has 0 aromatic heterocycles. The van der Waals surface area contributed by atoms with E-state index in [-0.39, 0.29) is 23.7 Å². The van der Waals surface area contributed by atoms with Crippen LogP contribution in [0.3, 0.4) is 0 Å². The van der Waals surface area contributed by atoms with Crippen molar-refractivity contribution in [3.8, 4) is 0 Å². The summed E-state index contributed by atoms with van der Waals surface area (Å²) >= 11 is 5.59. The van der Waals surface area contributed by atoms with Gasteiger partial charge in [0.1, 0.15) is 0 Å². The van der Waals surface area contributed by atoms with Gasteiger partial charge in [0.15, 0.2) is 0 Å². The zero-order valence-corrected chi connectivity index (χ0v) is 10.4. The molecule has 1 saturated heterocycles. The predicted octanol–water partition coefficient (Wildman–Crippen LogP) is 2.04. The zero-order valence-electron chi connectivity index (χ0n) is 9.62. The minimum atomic E-state index is -0.0153. The van der Waals surface area contributed by atoms with Gasteiger partial charge in [-0.3, -0.25) is 14.5 Å². The van der Waals surface area contributed by atoms with Gasteiger partial charge in [0.2, 0.25) is 11.8 Å². The molecule has 0 aromatic rings. The van der Waals surface area contributed by atoms with E-state index in [1.165, 1.54) is 4.90 Å². The Morgan fingerprint density at radius 1 is 1.19 bits per heavy atom. The van der Waals surface area contributed by atoms with Gasteiger partial charge >= 0.3 is 0 Å². The number of halogens is 1. The van der Waals surface area contributed by atoms with Gasteiger partial charge in [0, 0.05) is 12.4 Å². The molecule has 0 spiro atoms. The van der Waals surface area contributed by atoms with Crippen LogP contribution in [0.2, 0.25) is 0 Å². The molecule has 16 heavy (non-hydrogen) atoms. The molecule has 1 saturated carbocycles. The molecular weight excluding hydrogens is 226 g/mol. The first-order valence-electron chi connectivity index (χ1n) is 6.06. The monoisotopic (exact) mass is 243 g/mol. The first kappa shape index (κ1) is 11.9. The second kappa shape index (κ2) is 4.74. The van der Waals surface area contributed by atoms with Crippen molar-refractivity contribution in [3.05, 3.63) is 0 Å². The number of fused-ring (bicyclic) bond motifs is 1. The molecular formula is C12H18ClNO2. The standard InChI is InChI=1S/C12H18ClNO2/c1-8-6-9-10(7-8)12(16)14(11(9)15)5-3-2-4-13/h8-10H,2-7H2,1H3. The Balaban J connectivity index is 1.97. The maximum Gasteiger partial charge on any atom is 0.233 e. The Morgan fingerprint density at radius 3 is 2.25 bits per heavy atom. The largest absolute Gasteiger partial charge is 0.282 e. The minimum absolute atomic E-state index is 0.0153. The van der Waals surface area contributed by atoms with Crippen molar-refractivity contribution in [3.63, 3.8) is 0 Å². The van der Waals surface area contributed by atoms with Gasteiger partial charge in [-0.25, -0.2) is 0 Å². The van der Waals surface area contributed by atoms with E-state index in [2.05, 4.69) is 6.92 Å². The number of imide groups is 1. The number of hydrogen-bond acceptors (Lipinski definition) is 2. The number of alkyl halides is 1. The molecule has 2 unspecified atom stereocenters. The average Bonchev–Trinajstić information content (AvgIpc) is 2.72. The summed E-state index contributed by atoms with van der Waals surface area (Å²) in [6, 6.07) is 0. The third-order valence-electron chi connectivity index (χ3n) is 3.73. The highest BCUT2D eigenvalue weighted by molar-refractivity contribution is 6.17. The number of hydrogen-bond donors (Lipinski definition) is 0. The van der Waals surface area contributed by atoms with Crippen molar-refractivity contribution >= 4 is 23.4 Å². The van der Waals surface area contributed by atoms with Crippen LogP contribution in [-0.4, -0.2) is 29.1 Å². The van der Waals surface area contributed by atoms with Crippen LogP contribution < -0.4 is 0 Å². The topological polar surface area (TPSA) is 37.4 Å². The fourth-order valence-electron chi connectivity index (χ4n) is 2.93. The number of carbonyl (C=O) groups excluding carboxylic acids is 2. The lowest BCUT2D eigenvalue weighted by atomic mass is 10.00. The number of unbranched alkanes of at least 4 members (excludes halogenated alkanes) is 1. The molecule has 1 aliphatic heterocycles. The fourth-order valence-corrected chi connectivity index (χ4v) is 3.12. The van der Waals surface area contributed by atoms with Gasteiger partial charge < -0.3 is 0 Å². The molecule has 0 aromatic carbocycles. The fraction of sp³-hybridized carbons (Fsp3) is 0.833. The minimum Gasteiger partial charge on any atom is -0.282 e. The van der Waals surface area contributed by atoms with E-state index in [9.17, 15) is 9.59 Å². The Hall–Kier alpha value is -0.570. The average molecular weight is 244 g/mol. The van der Waals surface area contributed by atoms with Gasteiger partial charge in [-0.05, 0) is 31.6 Å². The zero-order chi connectivity index (χ0) is 11.7. The van der Waals surface area contributed by atoms with Crippen LogP contribution in [0.1, 0.15) is 32.6 Å². The highest BCUT2D eigenvalue weighted by atomic mass is 35.5. The number of nitrogens with zero attached hydrogens (tertiary/aromatic N) is 1. The van der Waals surface area contributed by atoms with Gasteiger partial charge in [0.05, 0.1) is 11.8 Å². The molecule has 1 aliphatic carbocycles. The quantitative estimate of drug-likeness (QED) is 0.431. The number of carbonyl (C=O) groups is 2. The summed E-state index contributed by atoms with van der Waals surface area (Å²) in [5.74, 6) is 1.22. The van der Waals surface area contributed by atoms with Gasteiger partial charge in [-0.2, -0.15) is 0 Å². The lowest BCUT2D eigenvalue weighted by Gasteiger charge is -2.16. The molecule has 2 aliphatic rings. The van der Waals surface area contributed by atoms with Crippen LogP contribution in [0, 0.1) is 17.8 Å². The first-order chi connectivity index (χ1) is 7.65. The molecule has 0 bridgehead atoms. The smallest absolute Gasteiger partial charge is 0.233 e. The van der Waals surface area contributed by atoms with Crippen LogP contribution >= 0.6 is 11.6 Å². The van der Waals surface area contributed by atoms with E-state index >= 15 is 0 Å². The maximum absolute atomic E-state index is 12.0. The van der Waals surface area contributed by atoms with Crippen molar-refractivity contribution in [2.75, 3.05) is 12.4 Å². The van der Waals surface area contributed by atoms with Crippen LogP contribution in [0.15, 0.2) is 0 Å². The highest BCUT2D eigenvalue weighted by Crippen LogP contribution is 2.42. The maximum atomic E-state index is 12.0. The Labute approximate surface area is 101 Å². The molecule has 2 rings (SSSR count). The lowest BCUT2D eigenvalue weighted by Crippen LogP contribution is -2.33. The second-order valence-corrected chi connectivity index (χ2v) is 5.39. The molecule has 2 atom stereocenters. The summed E-state index contributed by atoms with van der Waals surface area (Å²) < 4.78 is 0. The van der Waals surface area contributed by atoms with E-state index in [1.807, 2.05) is 0 Å². The molecule has 90 valence electrons. The van der Waals surface area contributed by atoms with Crippen LogP contribution in [-0.2, 0) is 9.59 Å². The van der Waals surface area contributed by atoms with Crippen LogP contribution in [0.25, 0.3) is 0 Å². The van der Waals surface area contributed by atoms with Crippen molar-refractivity contribution in [2.45, 2.75) is 32.6 Å². The molecule has 3 nitrogen and oxygen atoms in total. The van der Waals surface area contributed by atoms with Gasteiger partial charge in [-0.1, -0.05) is 6.92 Å². The Kier molecular flexibility index (Phi) is 3.53. The van der Waals surface area contributed by atoms with Gasteiger partial charge in [0.25, 0.3) is 0 Å². The summed E-state index contributed by atoms with van der Waals surface area (Å²) in [6.45, 7) is 2.68. The normalized spacial score (nSPS) is 33.6. The summed E-state index contributed by atoms with van der Waals surface area (Å²) in [5.41, 5.74) is 0. The highest BCUT2D eigenvalue weighted by Gasteiger charge is 2.51. The van der Waals surface area contributed by atoms with E-state index in [1.54, 1.807) is 0 Å². The molecule has 2 fully saturated rings. The first-order valence-corrected chi connectivity index (χ1v) is 6.59. The van der Waals surface area contributed by atoms with Crippen molar-refractivity contribution < 1.29 is 9.59 Å². The number of likely N-dealkylation sites (tertiary alicyclic amines) is 1.